The SMILES string of the molecule is [C-]#[N+]c1ccc(S(=O)(=O)[C@H]2CN(S(=O)(=O)c3ccc(C(F)(F)F)cc3Cl)C[C@@]2(O)CO)cc1F. The number of benzene rings is 2. The molecule has 15 heteroatoms. The minimum absolute atomic E-state index is 0.388. The summed E-state index contributed by atoms with van der Waals surface area (Å²) >= 11 is 5.77. The predicted octanol–water partition coefficient (Wildman–Crippen LogP) is 2.62. The zero-order chi connectivity index (χ0) is 25.7. The van der Waals surface area contributed by atoms with E-state index in [0.717, 1.165) is 12.1 Å². The van der Waals surface area contributed by atoms with E-state index < -0.39 is 88.5 Å². The van der Waals surface area contributed by atoms with Gasteiger partial charge in [-0.2, -0.15) is 17.5 Å². The first-order chi connectivity index (χ1) is 15.6. The van der Waals surface area contributed by atoms with Crippen LogP contribution < -0.4 is 0 Å². The van der Waals surface area contributed by atoms with Crippen molar-refractivity contribution >= 4 is 37.1 Å². The average Bonchev–Trinajstić information content (AvgIpc) is 3.12. The molecule has 2 aromatic rings. The Morgan fingerprint density at radius 2 is 1.82 bits per heavy atom. The fourth-order valence-electron chi connectivity index (χ4n) is 3.49. The molecule has 0 unspecified atom stereocenters. The van der Waals surface area contributed by atoms with Gasteiger partial charge in [0.25, 0.3) is 0 Å². The molecule has 2 aromatic carbocycles. The van der Waals surface area contributed by atoms with Crippen LogP contribution in [0, 0.1) is 12.4 Å². The van der Waals surface area contributed by atoms with E-state index in [1.807, 2.05) is 0 Å². The van der Waals surface area contributed by atoms with Crippen LogP contribution in [-0.2, 0) is 26.0 Å². The summed E-state index contributed by atoms with van der Waals surface area (Å²) in [5.41, 5.74) is -4.21. The van der Waals surface area contributed by atoms with E-state index in [1.165, 1.54) is 0 Å². The van der Waals surface area contributed by atoms with Crippen LogP contribution in [0.3, 0.4) is 0 Å². The number of hydrogen-bond acceptors (Lipinski definition) is 6. The molecule has 1 heterocycles. The van der Waals surface area contributed by atoms with Crippen molar-refractivity contribution in [2.24, 2.45) is 0 Å². The number of aliphatic hydroxyl groups excluding tert-OH is 1. The molecule has 34 heavy (non-hydrogen) atoms. The molecule has 184 valence electrons. The zero-order valence-electron chi connectivity index (χ0n) is 16.8. The van der Waals surface area contributed by atoms with Crippen molar-refractivity contribution in [3.05, 3.63) is 64.2 Å². The van der Waals surface area contributed by atoms with Gasteiger partial charge in [0.1, 0.15) is 21.6 Å². The molecule has 0 radical (unpaired) electrons. The summed E-state index contributed by atoms with van der Waals surface area (Å²) in [7, 11) is -9.38. The molecule has 0 aromatic heterocycles. The van der Waals surface area contributed by atoms with Gasteiger partial charge in [-0.05, 0) is 24.3 Å². The summed E-state index contributed by atoms with van der Waals surface area (Å²) in [6, 6.07) is 3.77. The van der Waals surface area contributed by atoms with Crippen molar-refractivity contribution < 1.29 is 44.6 Å². The lowest BCUT2D eigenvalue weighted by Gasteiger charge is -2.26. The normalized spacial score (nSPS) is 22.0. The van der Waals surface area contributed by atoms with Crippen LogP contribution in [0.5, 0.6) is 0 Å². The number of sulfone groups is 1. The maximum Gasteiger partial charge on any atom is 0.416 e. The third kappa shape index (κ3) is 4.51. The van der Waals surface area contributed by atoms with Crippen LogP contribution in [0.1, 0.15) is 5.56 Å². The van der Waals surface area contributed by atoms with Gasteiger partial charge < -0.3 is 10.2 Å². The van der Waals surface area contributed by atoms with Crippen molar-refractivity contribution in [1.82, 2.24) is 4.31 Å². The molecule has 1 fully saturated rings. The number of β-amino-alcohol motifs (C(OH)–C–C–N with tert-alkyl or cyclic N) is 1. The van der Waals surface area contributed by atoms with Crippen LogP contribution in [0.25, 0.3) is 4.85 Å². The Hall–Kier alpha value is -2.28. The highest BCUT2D eigenvalue weighted by atomic mass is 35.5. The maximum absolute atomic E-state index is 14.0. The van der Waals surface area contributed by atoms with Crippen LogP contribution >= 0.6 is 11.6 Å². The monoisotopic (exact) mass is 542 g/mol. The van der Waals surface area contributed by atoms with Gasteiger partial charge in [-0.25, -0.2) is 26.1 Å². The predicted molar refractivity (Wildman–Crippen MR) is 111 cm³/mol. The molecule has 1 aliphatic heterocycles. The van der Waals surface area contributed by atoms with Crippen molar-refractivity contribution in [3.8, 4) is 0 Å². The van der Waals surface area contributed by atoms with E-state index in [9.17, 15) is 44.6 Å². The summed E-state index contributed by atoms with van der Waals surface area (Å²) in [6.45, 7) is 3.78. The number of alkyl halides is 3. The Balaban J connectivity index is 2.03. The van der Waals surface area contributed by atoms with Gasteiger partial charge in [0.15, 0.2) is 9.84 Å². The molecule has 2 atom stereocenters. The van der Waals surface area contributed by atoms with Crippen molar-refractivity contribution in [2.75, 3.05) is 19.7 Å². The van der Waals surface area contributed by atoms with Gasteiger partial charge >= 0.3 is 6.18 Å². The number of aliphatic hydroxyl groups is 2. The Morgan fingerprint density at radius 3 is 2.32 bits per heavy atom. The average molecular weight is 543 g/mol. The fourth-order valence-corrected chi connectivity index (χ4v) is 7.58. The minimum atomic E-state index is -4.80. The molecule has 0 saturated carbocycles. The molecule has 0 aliphatic carbocycles. The molecule has 8 nitrogen and oxygen atoms in total. The van der Waals surface area contributed by atoms with E-state index >= 15 is 0 Å². The topological polar surface area (TPSA) is 116 Å². The number of halogens is 5. The van der Waals surface area contributed by atoms with Gasteiger partial charge in [0.05, 0.1) is 28.7 Å². The lowest BCUT2D eigenvalue weighted by atomic mass is 10.1. The smallest absolute Gasteiger partial charge is 0.393 e. The molecule has 0 amide bonds. The summed E-state index contributed by atoms with van der Waals surface area (Å²) in [5.74, 6) is -1.16. The molecular weight excluding hydrogens is 528 g/mol. The fraction of sp³-hybridized carbons (Fsp3) is 0.316. The first-order valence-corrected chi connectivity index (χ1v) is 12.6. The largest absolute Gasteiger partial charge is 0.416 e. The lowest BCUT2D eigenvalue weighted by Crippen LogP contribution is -2.49. The standard InChI is InChI=1S/C19H15ClF4N2O6S2/c1-25-15-4-3-12(7-14(15)21)33(29,30)17-8-26(9-18(17,28)10-27)34(31,32)16-5-2-11(6-13(16)20)19(22,23)24/h2-7,17,27-28H,8-10H2/t17-,18+/m0/s1. The first-order valence-electron chi connectivity index (χ1n) is 9.19. The first kappa shape index (κ1) is 26.3. The van der Waals surface area contributed by atoms with Gasteiger partial charge in [-0.1, -0.05) is 23.7 Å². The summed E-state index contributed by atoms with van der Waals surface area (Å²) in [5, 5.41) is 17.7. The van der Waals surface area contributed by atoms with Crippen LogP contribution in [0.2, 0.25) is 5.02 Å². The number of hydrogen-bond donors (Lipinski definition) is 2. The molecular formula is C19H15ClF4N2O6S2. The lowest BCUT2D eigenvalue weighted by molar-refractivity contribution is -0.137. The minimum Gasteiger partial charge on any atom is -0.393 e. The summed E-state index contributed by atoms with van der Waals surface area (Å²) in [4.78, 5) is 1.43. The summed E-state index contributed by atoms with van der Waals surface area (Å²) < 4.78 is 105. The van der Waals surface area contributed by atoms with E-state index in [0.29, 0.717) is 28.6 Å². The quantitative estimate of drug-likeness (QED) is 0.443. The molecule has 2 N–H and O–H groups in total. The highest BCUT2D eigenvalue weighted by Gasteiger charge is 2.55. The van der Waals surface area contributed by atoms with Crippen LogP contribution in [0.15, 0.2) is 46.2 Å². The molecule has 3 rings (SSSR count). The second-order valence-electron chi connectivity index (χ2n) is 7.46. The van der Waals surface area contributed by atoms with Gasteiger partial charge in [0.2, 0.25) is 15.7 Å². The molecule has 0 spiro atoms. The second kappa shape index (κ2) is 8.74. The van der Waals surface area contributed by atoms with Crippen molar-refractivity contribution in [2.45, 2.75) is 26.8 Å². The van der Waals surface area contributed by atoms with Crippen LogP contribution in [0.4, 0.5) is 23.2 Å². The van der Waals surface area contributed by atoms with E-state index in [4.69, 9.17) is 18.2 Å². The number of sulfonamides is 1. The highest BCUT2D eigenvalue weighted by molar-refractivity contribution is 7.92. The molecule has 0 bridgehead atoms. The molecule has 1 aliphatic rings. The van der Waals surface area contributed by atoms with Crippen molar-refractivity contribution in [3.63, 3.8) is 0 Å². The Morgan fingerprint density at radius 1 is 1.18 bits per heavy atom. The summed E-state index contributed by atoms with van der Waals surface area (Å²) in [6.07, 6.45) is -4.80. The third-order valence-corrected chi connectivity index (χ3v) is 9.86. The zero-order valence-corrected chi connectivity index (χ0v) is 19.2. The van der Waals surface area contributed by atoms with E-state index in [2.05, 4.69) is 4.85 Å². The van der Waals surface area contributed by atoms with Crippen LogP contribution in [-0.4, -0.2) is 61.9 Å². The van der Waals surface area contributed by atoms with Gasteiger partial charge in [0, 0.05) is 13.1 Å². The van der Waals surface area contributed by atoms with Gasteiger partial charge in [-0.3, -0.25) is 0 Å². The Kier molecular flexibility index (Phi) is 6.77. The Bertz CT molecular complexity index is 1390. The van der Waals surface area contributed by atoms with E-state index in [1.54, 1.807) is 0 Å². The number of nitrogens with zero attached hydrogens (tertiary/aromatic N) is 2. The van der Waals surface area contributed by atoms with E-state index in [-0.39, 0.29) is 0 Å². The maximum atomic E-state index is 14.0. The third-order valence-electron chi connectivity index (χ3n) is 5.31. The molecule has 1 saturated heterocycles. The van der Waals surface area contributed by atoms with Crippen molar-refractivity contribution in [1.29, 1.82) is 0 Å². The Labute approximate surface area is 196 Å². The van der Waals surface area contributed by atoms with Gasteiger partial charge in [-0.15, -0.1) is 0 Å². The highest BCUT2D eigenvalue weighted by Crippen LogP contribution is 2.38. The number of rotatable bonds is 5. The second-order valence-corrected chi connectivity index (χ2v) is 11.9.